The smallest absolute Gasteiger partial charge is 0.304 e. The first-order valence-corrected chi connectivity index (χ1v) is 5.65. The highest BCUT2D eigenvalue weighted by molar-refractivity contribution is 5.66. The molecule has 0 aromatic heterocycles. The molecule has 15 heavy (non-hydrogen) atoms. The van der Waals surface area contributed by atoms with Gasteiger partial charge in [0.15, 0.2) is 0 Å². The van der Waals surface area contributed by atoms with Crippen molar-refractivity contribution in [3.8, 4) is 0 Å². The Morgan fingerprint density at radius 1 is 1.53 bits per heavy atom. The van der Waals surface area contributed by atoms with Crippen LogP contribution in [-0.4, -0.2) is 48.8 Å². The molecule has 0 aliphatic carbocycles. The fourth-order valence-electron chi connectivity index (χ4n) is 2.06. The van der Waals surface area contributed by atoms with Crippen molar-refractivity contribution < 1.29 is 14.6 Å². The molecule has 88 valence electrons. The van der Waals surface area contributed by atoms with Gasteiger partial charge in [0.05, 0.1) is 13.0 Å². The molecule has 4 heteroatoms. The number of aliphatic carboxylic acids is 1. The number of hydrogen-bond donors (Lipinski definition) is 1. The number of likely N-dealkylation sites (tertiary alicyclic amines) is 1. The van der Waals surface area contributed by atoms with Crippen molar-refractivity contribution in [1.29, 1.82) is 0 Å². The average Bonchev–Trinajstić information content (AvgIpc) is 2.53. The molecule has 1 rings (SSSR count). The van der Waals surface area contributed by atoms with Crippen LogP contribution in [0.4, 0.5) is 0 Å². The minimum Gasteiger partial charge on any atom is -0.481 e. The Balaban J connectivity index is 2.25. The fourth-order valence-corrected chi connectivity index (χ4v) is 2.06. The van der Waals surface area contributed by atoms with E-state index < -0.39 is 5.97 Å². The Morgan fingerprint density at radius 3 is 2.87 bits per heavy atom. The monoisotopic (exact) mass is 215 g/mol. The van der Waals surface area contributed by atoms with Gasteiger partial charge in [0.25, 0.3) is 0 Å². The van der Waals surface area contributed by atoms with E-state index in [-0.39, 0.29) is 6.42 Å². The molecule has 0 spiro atoms. The summed E-state index contributed by atoms with van der Waals surface area (Å²) in [6.45, 7) is 8.44. The molecule has 1 aliphatic heterocycles. The Morgan fingerprint density at radius 2 is 2.27 bits per heavy atom. The van der Waals surface area contributed by atoms with Crippen molar-refractivity contribution in [3.05, 3.63) is 0 Å². The minimum absolute atomic E-state index is 0.244. The molecule has 1 fully saturated rings. The van der Waals surface area contributed by atoms with Crippen LogP contribution in [-0.2, 0) is 9.53 Å². The van der Waals surface area contributed by atoms with E-state index in [2.05, 4.69) is 11.8 Å². The summed E-state index contributed by atoms with van der Waals surface area (Å²) >= 11 is 0. The van der Waals surface area contributed by atoms with E-state index >= 15 is 0 Å². The number of carboxylic acid groups (broad SMARTS) is 1. The molecule has 1 heterocycles. The van der Waals surface area contributed by atoms with Gasteiger partial charge in [0.1, 0.15) is 0 Å². The maximum atomic E-state index is 10.4. The number of hydrogen-bond acceptors (Lipinski definition) is 3. The zero-order chi connectivity index (χ0) is 11.3. The van der Waals surface area contributed by atoms with Gasteiger partial charge in [-0.3, -0.25) is 4.79 Å². The Labute approximate surface area is 91.2 Å². The van der Waals surface area contributed by atoms with E-state index in [0.29, 0.717) is 18.4 Å². The molecule has 0 bridgehead atoms. The first-order valence-electron chi connectivity index (χ1n) is 5.65. The summed E-state index contributed by atoms with van der Waals surface area (Å²) in [7, 11) is 0. The summed E-state index contributed by atoms with van der Waals surface area (Å²) in [6, 6.07) is 0. The highest BCUT2D eigenvalue weighted by Crippen LogP contribution is 2.23. The van der Waals surface area contributed by atoms with Crippen LogP contribution in [0, 0.1) is 11.8 Å². The van der Waals surface area contributed by atoms with E-state index in [9.17, 15) is 4.79 Å². The zero-order valence-corrected chi connectivity index (χ0v) is 9.61. The van der Waals surface area contributed by atoms with E-state index in [0.717, 1.165) is 26.3 Å². The number of carbonyl (C=O) groups is 1. The molecule has 2 atom stereocenters. The maximum absolute atomic E-state index is 10.4. The zero-order valence-electron chi connectivity index (χ0n) is 9.61. The minimum atomic E-state index is -0.712. The van der Waals surface area contributed by atoms with E-state index in [1.165, 1.54) is 0 Å². The van der Waals surface area contributed by atoms with Crippen LogP contribution in [0.3, 0.4) is 0 Å². The second-order valence-corrected chi connectivity index (χ2v) is 4.30. The predicted molar refractivity (Wildman–Crippen MR) is 57.8 cm³/mol. The van der Waals surface area contributed by atoms with Gasteiger partial charge in [-0.05, 0) is 18.8 Å². The van der Waals surface area contributed by atoms with Gasteiger partial charge in [-0.2, -0.15) is 0 Å². The molecular formula is C11H21NO3. The lowest BCUT2D eigenvalue weighted by atomic mass is 9.99. The molecule has 1 saturated heterocycles. The van der Waals surface area contributed by atoms with Crippen molar-refractivity contribution in [2.45, 2.75) is 20.3 Å². The second kappa shape index (κ2) is 6.08. The fraction of sp³-hybridized carbons (Fsp3) is 0.909. The lowest BCUT2D eigenvalue weighted by molar-refractivity contribution is -0.137. The summed E-state index contributed by atoms with van der Waals surface area (Å²) < 4.78 is 5.42. The third-order valence-electron chi connectivity index (χ3n) is 3.02. The summed E-state index contributed by atoms with van der Waals surface area (Å²) in [5.74, 6) is 0.472. The van der Waals surface area contributed by atoms with Gasteiger partial charge in [-0.1, -0.05) is 6.92 Å². The van der Waals surface area contributed by atoms with Crippen LogP contribution in [0.5, 0.6) is 0 Å². The van der Waals surface area contributed by atoms with Gasteiger partial charge in [-0.15, -0.1) is 0 Å². The molecule has 2 unspecified atom stereocenters. The van der Waals surface area contributed by atoms with E-state index in [1.807, 2.05) is 6.92 Å². The highest BCUT2D eigenvalue weighted by Gasteiger charge is 2.29. The van der Waals surface area contributed by atoms with Crippen molar-refractivity contribution >= 4 is 5.97 Å². The molecule has 4 nitrogen and oxygen atoms in total. The average molecular weight is 215 g/mol. The standard InChI is InChI=1S/C11H21NO3/c1-3-15-8-10-7-12(6-9(10)2)5-4-11(13)14/h9-10H,3-8H2,1-2H3,(H,13,14). The Kier molecular flexibility index (Phi) is 5.05. The van der Waals surface area contributed by atoms with Gasteiger partial charge < -0.3 is 14.7 Å². The summed E-state index contributed by atoms with van der Waals surface area (Å²) in [5.41, 5.74) is 0. The summed E-state index contributed by atoms with van der Waals surface area (Å²) in [5, 5.41) is 8.60. The number of rotatable bonds is 6. The Bertz CT molecular complexity index is 208. The number of ether oxygens (including phenoxy) is 1. The first-order chi connectivity index (χ1) is 7.13. The number of carboxylic acids is 1. The normalized spacial score (nSPS) is 27.1. The quantitative estimate of drug-likeness (QED) is 0.720. The SMILES string of the molecule is CCOCC1CN(CCC(=O)O)CC1C. The molecule has 0 radical (unpaired) electrons. The second-order valence-electron chi connectivity index (χ2n) is 4.30. The summed E-state index contributed by atoms with van der Waals surface area (Å²) in [6.07, 6.45) is 0.244. The third-order valence-corrected chi connectivity index (χ3v) is 3.02. The molecule has 0 amide bonds. The van der Waals surface area contributed by atoms with Crippen molar-refractivity contribution in [1.82, 2.24) is 4.90 Å². The molecule has 0 aromatic rings. The Hall–Kier alpha value is -0.610. The largest absolute Gasteiger partial charge is 0.481 e. The van der Waals surface area contributed by atoms with Crippen LogP contribution in [0.15, 0.2) is 0 Å². The highest BCUT2D eigenvalue weighted by atomic mass is 16.5. The lowest BCUT2D eigenvalue weighted by Gasteiger charge is -2.14. The van der Waals surface area contributed by atoms with E-state index in [4.69, 9.17) is 9.84 Å². The van der Waals surface area contributed by atoms with Gasteiger partial charge in [0, 0.05) is 26.2 Å². The van der Waals surface area contributed by atoms with Crippen LogP contribution in [0.1, 0.15) is 20.3 Å². The lowest BCUT2D eigenvalue weighted by Crippen LogP contribution is -2.24. The topological polar surface area (TPSA) is 49.8 Å². The van der Waals surface area contributed by atoms with Crippen molar-refractivity contribution in [2.24, 2.45) is 11.8 Å². The molecule has 0 saturated carbocycles. The molecule has 1 aliphatic rings. The molecular weight excluding hydrogens is 194 g/mol. The molecule has 0 aromatic carbocycles. The van der Waals surface area contributed by atoms with Gasteiger partial charge in [0.2, 0.25) is 0 Å². The van der Waals surface area contributed by atoms with Gasteiger partial charge >= 0.3 is 5.97 Å². The number of nitrogens with zero attached hydrogens (tertiary/aromatic N) is 1. The van der Waals surface area contributed by atoms with E-state index in [1.54, 1.807) is 0 Å². The van der Waals surface area contributed by atoms with Crippen LogP contribution in [0.2, 0.25) is 0 Å². The van der Waals surface area contributed by atoms with Crippen molar-refractivity contribution in [2.75, 3.05) is 32.8 Å². The van der Waals surface area contributed by atoms with Crippen molar-refractivity contribution in [3.63, 3.8) is 0 Å². The van der Waals surface area contributed by atoms with Crippen LogP contribution in [0.25, 0.3) is 0 Å². The van der Waals surface area contributed by atoms with Crippen LogP contribution < -0.4 is 0 Å². The maximum Gasteiger partial charge on any atom is 0.304 e. The summed E-state index contributed by atoms with van der Waals surface area (Å²) in [4.78, 5) is 12.7. The predicted octanol–water partition coefficient (Wildman–Crippen LogP) is 1.07. The van der Waals surface area contributed by atoms with Gasteiger partial charge in [-0.25, -0.2) is 0 Å². The molecule has 1 N–H and O–H groups in total. The first kappa shape index (κ1) is 12.5. The van der Waals surface area contributed by atoms with Crippen LogP contribution >= 0.6 is 0 Å². The third kappa shape index (κ3) is 4.18.